The Morgan fingerprint density at radius 2 is 2.23 bits per heavy atom. The summed E-state index contributed by atoms with van der Waals surface area (Å²) in [6, 6.07) is -0.357. The average molecular weight is 384 g/mol. The number of carboxylic acid groups (broad SMARTS) is 1. The van der Waals surface area contributed by atoms with Gasteiger partial charge in [-0.05, 0) is 6.92 Å². The van der Waals surface area contributed by atoms with Crippen molar-refractivity contribution >= 4 is 33.6 Å². The van der Waals surface area contributed by atoms with Crippen LogP contribution in [-0.2, 0) is 16.1 Å². The summed E-state index contributed by atoms with van der Waals surface area (Å²) in [7, 11) is 0. The van der Waals surface area contributed by atoms with Crippen LogP contribution in [0.5, 0.6) is 0 Å². The molecule has 0 aromatic carbocycles. The van der Waals surface area contributed by atoms with Crippen LogP contribution < -0.4 is 40.4 Å². The minimum Gasteiger partial charge on any atom is -0.543 e. The fourth-order valence-corrected chi connectivity index (χ4v) is 5.22. The number of amides is 1. The van der Waals surface area contributed by atoms with Crippen LogP contribution in [0.25, 0.3) is 10.4 Å². The van der Waals surface area contributed by atoms with Gasteiger partial charge in [0.1, 0.15) is 11.2 Å². The normalized spacial score (nSPS) is 25.9. The minimum absolute atomic E-state index is 0. The standard InChI is InChI=1S/C16H18N4O4S.Na/c1-6-10(9-4-19-5-18-8(3-17)15(19)25-9)13(16(23)24)20-12(6)11(7(2)21)14(20)22;/h4-7,11-12,21H,3,17H2,1-2H3,(H,23,24);/q;+1/p-1/t6-,7+,11+,12+;/m0./s1. The third-order valence-corrected chi connectivity index (χ3v) is 6.29. The molecule has 0 radical (unpaired) electrons. The molecule has 4 atom stereocenters. The molecule has 8 nitrogen and oxygen atoms in total. The molecule has 10 heteroatoms. The largest absolute Gasteiger partial charge is 1.00 e. The van der Waals surface area contributed by atoms with Crippen molar-refractivity contribution in [2.75, 3.05) is 0 Å². The van der Waals surface area contributed by atoms with E-state index in [2.05, 4.69) is 4.98 Å². The number of fused-ring (bicyclic) bond motifs is 2. The van der Waals surface area contributed by atoms with Gasteiger partial charge in [0.2, 0.25) is 5.91 Å². The molecule has 2 aromatic rings. The minimum atomic E-state index is -1.38. The van der Waals surface area contributed by atoms with Gasteiger partial charge < -0.3 is 25.6 Å². The molecule has 2 aromatic heterocycles. The molecule has 1 saturated heterocycles. The van der Waals surface area contributed by atoms with E-state index in [1.54, 1.807) is 23.8 Å². The molecule has 1 amide bonds. The second kappa shape index (κ2) is 6.74. The number of aliphatic hydroxyl groups excluding tert-OH is 1. The summed E-state index contributed by atoms with van der Waals surface area (Å²) >= 11 is 1.39. The number of rotatable bonds is 4. The van der Waals surface area contributed by atoms with E-state index in [0.717, 1.165) is 15.4 Å². The first-order valence-electron chi connectivity index (χ1n) is 7.99. The second-order valence-electron chi connectivity index (χ2n) is 6.51. The van der Waals surface area contributed by atoms with Crippen LogP contribution in [0.2, 0.25) is 0 Å². The zero-order valence-corrected chi connectivity index (χ0v) is 17.5. The number of hydrogen-bond acceptors (Lipinski definition) is 7. The van der Waals surface area contributed by atoms with Crippen molar-refractivity contribution in [2.24, 2.45) is 17.6 Å². The molecule has 0 aliphatic carbocycles. The Balaban J connectivity index is 0.00000196. The van der Waals surface area contributed by atoms with Crippen molar-refractivity contribution in [3.63, 3.8) is 0 Å². The molecule has 4 rings (SSSR count). The van der Waals surface area contributed by atoms with Gasteiger partial charge >= 0.3 is 29.6 Å². The van der Waals surface area contributed by atoms with E-state index in [1.165, 1.54) is 16.2 Å². The molecule has 0 unspecified atom stereocenters. The number of nitrogens with two attached hydrogens (primary N) is 1. The number of aliphatic hydroxyl groups is 1. The first-order valence-corrected chi connectivity index (χ1v) is 8.81. The quantitative estimate of drug-likeness (QED) is 0.411. The maximum absolute atomic E-state index is 12.4. The maximum Gasteiger partial charge on any atom is 1.00 e. The number of aromatic nitrogens is 2. The van der Waals surface area contributed by atoms with Crippen molar-refractivity contribution < 1.29 is 49.4 Å². The molecule has 132 valence electrons. The number of aliphatic carboxylic acids is 1. The smallest absolute Gasteiger partial charge is 0.543 e. The first kappa shape index (κ1) is 19.5. The molecular formula is C16H17N4NaO4S. The predicted octanol–water partition coefficient (Wildman–Crippen LogP) is -3.82. The van der Waals surface area contributed by atoms with Gasteiger partial charge in [-0.3, -0.25) is 9.20 Å². The molecule has 4 heterocycles. The van der Waals surface area contributed by atoms with Gasteiger partial charge in [-0.25, -0.2) is 4.98 Å². The van der Waals surface area contributed by atoms with Gasteiger partial charge in [0.05, 0.1) is 40.3 Å². The van der Waals surface area contributed by atoms with Crippen LogP contribution in [0.3, 0.4) is 0 Å². The number of hydrogen-bond donors (Lipinski definition) is 2. The Hall–Kier alpha value is -1.23. The van der Waals surface area contributed by atoms with Gasteiger partial charge in [0, 0.05) is 24.2 Å². The number of imidazole rings is 1. The Kier molecular flexibility index (Phi) is 5.06. The fraction of sp³-hybridized carbons (Fsp3) is 0.438. The Labute approximate surface area is 175 Å². The number of nitrogens with zero attached hydrogens (tertiary/aromatic N) is 3. The van der Waals surface area contributed by atoms with E-state index in [-0.39, 0.29) is 59.7 Å². The number of carbonyl (C=O) groups is 2. The summed E-state index contributed by atoms with van der Waals surface area (Å²) < 4.78 is 1.80. The van der Waals surface area contributed by atoms with Gasteiger partial charge in [-0.1, -0.05) is 6.92 Å². The number of thiazole rings is 1. The summed E-state index contributed by atoms with van der Waals surface area (Å²) in [4.78, 5) is 31.2. The summed E-state index contributed by atoms with van der Waals surface area (Å²) in [6.45, 7) is 3.72. The van der Waals surface area contributed by atoms with Crippen molar-refractivity contribution in [3.8, 4) is 0 Å². The number of carbonyl (C=O) groups excluding carboxylic acids is 2. The van der Waals surface area contributed by atoms with E-state index in [1.807, 2.05) is 6.92 Å². The molecule has 1 fully saturated rings. The van der Waals surface area contributed by atoms with Crippen molar-refractivity contribution in [3.05, 3.63) is 28.8 Å². The van der Waals surface area contributed by atoms with Gasteiger partial charge in [0.15, 0.2) is 0 Å². The zero-order valence-electron chi connectivity index (χ0n) is 14.7. The Morgan fingerprint density at radius 1 is 1.54 bits per heavy atom. The van der Waals surface area contributed by atoms with Crippen molar-refractivity contribution in [1.29, 1.82) is 0 Å². The van der Waals surface area contributed by atoms with Gasteiger partial charge in [-0.2, -0.15) is 0 Å². The van der Waals surface area contributed by atoms with E-state index in [4.69, 9.17) is 5.73 Å². The number of β-lactam (4-membered cyclic amide) rings is 1. The van der Waals surface area contributed by atoms with Crippen LogP contribution in [0.1, 0.15) is 24.4 Å². The molecule has 0 spiro atoms. The van der Waals surface area contributed by atoms with E-state index >= 15 is 0 Å². The SMILES string of the molecule is C[C@@H](O)[C@H]1C(=O)N2C(C(=O)[O-])=C(c3cn4cnc(CN)c4s3)[C@H](C)[C@H]12.[Na+]. The summed E-state index contributed by atoms with van der Waals surface area (Å²) in [6.07, 6.45) is 2.61. The molecule has 2 aliphatic heterocycles. The monoisotopic (exact) mass is 384 g/mol. The number of carboxylic acids is 1. The summed E-state index contributed by atoms with van der Waals surface area (Å²) in [5.41, 5.74) is 6.89. The topological polar surface area (TPSA) is 124 Å². The van der Waals surface area contributed by atoms with Crippen LogP contribution in [0.4, 0.5) is 0 Å². The second-order valence-corrected chi connectivity index (χ2v) is 7.54. The van der Waals surface area contributed by atoms with Crippen LogP contribution in [-0.4, -0.2) is 43.4 Å². The molecule has 3 N–H and O–H groups in total. The van der Waals surface area contributed by atoms with Gasteiger partial charge in [-0.15, -0.1) is 11.3 Å². The predicted molar refractivity (Wildman–Crippen MR) is 87.9 cm³/mol. The molecular weight excluding hydrogens is 367 g/mol. The van der Waals surface area contributed by atoms with Crippen LogP contribution >= 0.6 is 11.3 Å². The summed E-state index contributed by atoms with van der Waals surface area (Å²) in [5, 5.41) is 21.6. The van der Waals surface area contributed by atoms with E-state index in [9.17, 15) is 19.8 Å². The van der Waals surface area contributed by atoms with Gasteiger partial charge in [0.25, 0.3) is 0 Å². The summed E-state index contributed by atoms with van der Waals surface area (Å²) in [5.74, 6) is -2.55. The molecule has 26 heavy (non-hydrogen) atoms. The molecule has 2 aliphatic rings. The van der Waals surface area contributed by atoms with Crippen LogP contribution in [0, 0.1) is 11.8 Å². The van der Waals surface area contributed by atoms with Crippen molar-refractivity contribution in [1.82, 2.24) is 14.3 Å². The van der Waals surface area contributed by atoms with E-state index < -0.39 is 18.0 Å². The average Bonchev–Trinajstić information content (AvgIpc) is 3.16. The Bertz CT molecular complexity index is 934. The third kappa shape index (κ3) is 2.49. The molecule has 0 saturated carbocycles. The third-order valence-electron chi connectivity index (χ3n) is 5.11. The first-order chi connectivity index (χ1) is 11.9. The molecule has 0 bridgehead atoms. The van der Waals surface area contributed by atoms with Crippen molar-refractivity contribution in [2.45, 2.75) is 32.5 Å². The maximum atomic E-state index is 12.4. The van der Waals surface area contributed by atoms with Crippen LogP contribution in [0.15, 0.2) is 18.2 Å². The Morgan fingerprint density at radius 3 is 2.81 bits per heavy atom. The zero-order chi connectivity index (χ0) is 18.0. The van der Waals surface area contributed by atoms with E-state index in [0.29, 0.717) is 5.57 Å². The fourth-order valence-electron chi connectivity index (χ4n) is 4.00.